The van der Waals surface area contributed by atoms with Crippen molar-refractivity contribution < 1.29 is 19.5 Å². The Labute approximate surface area is 145 Å². The highest BCUT2D eigenvalue weighted by atomic mass is 16.6. The van der Waals surface area contributed by atoms with Gasteiger partial charge in [-0.25, -0.2) is 0 Å². The summed E-state index contributed by atoms with van der Waals surface area (Å²) in [5.41, 5.74) is 0.483. The molecule has 0 saturated carbocycles. The summed E-state index contributed by atoms with van der Waals surface area (Å²) < 4.78 is 11.0. The summed E-state index contributed by atoms with van der Waals surface area (Å²) in [6, 6.07) is 7.32. The van der Waals surface area contributed by atoms with Crippen LogP contribution in [0.15, 0.2) is 24.3 Å². The van der Waals surface area contributed by atoms with Gasteiger partial charge in [-0.3, -0.25) is 4.79 Å². The molecule has 1 aromatic rings. The summed E-state index contributed by atoms with van der Waals surface area (Å²) in [5, 5.41) is 11.5. The highest BCUT2D eigenvalue weighted by molar-refractivity contribution is 5.72. The fraction of sp³-hybridized carbons (Fsp3) is 0.632. The van der Waals surface area contributed by atoms with Crippen molar-refractivity contribution in [2.75, 3.05) is 6.61 Å². The van der Waals surface area contributed by atoms with Crippen LogP contribution in [0.1, 0.15) is 59.4 Å². The lowest BCUT2D eigenvalue weighted by atomic mass is 10.1. The molecule has 0 radical (unpaired) electrons. The van der Waals surface area contributed by atoms with Crippen molar-refractivity contribution in [1.29, 1.82) is 0 Å². The zero-order chi connectivity index (χ0) is 18.2. The van der Waals surface area contributed by atoms with E-state index in [1.165, 1.54) is 5.06 Å². The van der Waals surface area contributed by atoms with Crippen LogP contribution in [-0.2, 0) is 16.0 Å². The van der Waals surface area contributed by atoms with Gasteiger partial charge in [0, 0.05) is 5.54 Å². The van der Waals surface area contributed by atoms with E-state index in [9.17, 15) is 10.0 Å². The summed E-state index contributed by atoms with van der Waals surface area (Å²) in [5.74, 6) is 0.450. The lowest BCUT2D eigenvalue weighted by Gasteiger charge is -2.35. The Morgan fingerprint density at radius 2 is 1.83 bits per heavy atom. The first-order valence-electron chi connectivity index (χ1n) is 8.67. The molecule has 5 heteroatoms. The van der Waals surface area contributed by atoms with Crippen molar-refractivity contribution >= 4 is 5.97 Å². The van der Waals surface area contributed by atoms with Crippen molar-refractivity contribution in [2.45, 2.75) is 72.1 Å². The Bertz CT molecular complexity index is 493. The van der Waals surface area contributed by atoms with Gasteiger partial charge in [-0.1, -0.05) is 32.4 Å². The summed E-state index contributed by atoms with van der Waals surface area (Å²) in [7, 11) is 0. The van der Waals surface area contributed by atoms with E-state index in [0.717, 1.165) is 18.4 Å². The van der Waals surface area contributed by atoms with Crippen LogP contribution in [0.5, 0.6) is 5.75 Å². The number of rotatable bonds is 9. The third kappa shape index (κ3) is 6.89. The average Bonchev–Trinajstić information content (AvgIpc) is 2.53. The van der Waals surface area contributed by atoms with Crippen LogP contribution >= 0.6 is 0 Å². The molecule has 136 valence electrons. The summed E-state index contributed by atoms with van der Waals surface area (Å²) >= 11 is 0. The molecule has 1 aromatic carbocycles. The van der Waals surface area contributed by atoms with Crippen molar-refractivity contribution in [3.63, 3.8) is 0 Å². The largest absolute Gasteiger partial charge is 0.473 e. The number of hydroxylamine groups is 2. The monoisotopic (exact) mass is 337 g/mol. The van der Waals surface area contributed by atoms with Gasteiger partial charge in [-0.2, -0.15) is 0 Å². The molecule has 5 nitrogen and oxygen atoms in total. The number of hydrogen-bond acceptors (Lipinski definition) is 5. The second-order valence-corrected chi connectivity index (χ2v) is 6.89. The van der Waals surface area contributed by atoms with Gasteiger partial charge in [0.25, 0.3) is 0 Å². The van der Waals surface area contributed by atoms with E-state index >= 15 is 0 Å². The highest BCUT2D eigenvalue weighted by Crippen LogP contribution is 2.21. The number of esters is 1. The molecular weight excluding hydrogens is 306 g/mol. The summed E-state index contributed by atoms with van der Waals surface area (Å²) in [6.07, 6.45) is 2.39. The lowest BCUT2D eigenvalue weighted by molar-refractivity contribution is -0.235. The molecule has 0 aliphatic heterocycles. The Kier molecular flexibility index (Phi) is 8.22. The second kappa shape index (κ2) is 9.64. The average molecular weight is 337 g/mol. The number of benzene rings is 1. The van der Waals surface area contributed by atoms with Crippen LogP contribution in [0.3, 0.4) is 0 Å². The van der Waals surface area contributed by atoms with E-state index < -0.39 is 11.8 Å². The highest BCUT2D eigenvalue weighted by Gasteiger charge is 2.27. The van der Waals surface area contributed by atoms with Crippen molar-refractivity contribution in [1.82, 2.24) is 5.06 Å². The standard InChI is InChI=1S/C19H31NO4/c1-6-8-13-23-18(21)14-15-9-11-16(12-10-15)24-17(7-2)20(22)19(3,4)5/h9-12,17,22H,6-8,13-14H2,1-5H3. The molecule has 0 aromatic heterocycles. The van der Waals surface area contributed by atoms with Gasteiger partial charge >= 0.3 is 5.97 Å². The molecule has 0 heterocycles. The molecule has 0 bridgehead atoms. The minimum absolute atomic E-state index is 0.210. The van der Waals surface area contributed by atoms with E-state index in [2.05, 4.69) is 6.92 Å². The van der Waals surface area contributed by atoms with E-state index in [4.69, 9.17) is 9.47 Å². The molecule has 24 heavy (non-hydrogen) atoms. The smallest absolute Gasteiger partial charge is 0.310 e. The SMILES string of the molecule is CCCCOC(=O)Cc1ccc(OC(CC)N(O)C(C)(C)C)cc1. The molecule has 0 aliphatic rings. The zero-order valence-electron chi connectivity index (χ0n) is 15.5. The zero-order valence-corrected chi connectivity index (χ0v) is 15.5. The van der Waals surface area contributed by atoms with Gasteiger partial charge in [-0.05, 0) is 51.3 Å². The predicted octanol–water partition coefficient (Wildman–Crippen LogP) is 4.18. The van der Waals surface area contributed by atoms with Crippen molar-refractivity contribution in [3.05, 3.63) is 29.8 Å². The molecule has 0 amide bonds. The second-order valence-electron chi connectivity index (χ2n) is 6.89. The van der Waals surface area contributed by atoms with Crippen LogP contribution in [0.4, 0.5) is 0 Å². The minimum Gasteiger partial charge on any atom is -0.473 e. The van der Waals surface area contributed by atoms with Gasteiger partial charge in [-0.15, -0.1) is 5.06 Å². The number of carbonyl (C=O) groups is 1. The van der Waals surface area contributed by atoms with Gasteiger partial charge in [0.15, 0.2) is 6.23 Å². The van der Waals surface area contributed by atoms with E-state index in [-0.39, 0.29) is 12.4 Å². The van der Waals surface area contributed by atoms with E-state index in [0.29, 0.717) is 18.8 Å². The molecule has 0 spiro atoms. The molecule has 1 rings (SSSR count). The maximum Gasteiger partial charge on any atom is 0.310 e. The number of ether oxygens (including phenoxy) is 2. The normalized spacial score (nSPS) is 13.0. The minimum atomic E-state index is -0.421. The molecule has 1 unspecified atom stereocenters. The fourth-order valence-corrected chi connectivity index (χ4v) is 2.13. The Morgan fingerprint density at radius 1 is 1.21 bits per heavy atom. The van der Waals surface area contributed by atoms with Gasteiger partial charge in [0.05, 0.1) is 13.0 Å². The van der Waals surface area contributed by atoms with E-state index in [1.807, 2.05) is 52.0 Å². The van der Waals surface area contributed by atoms with Crippen LogP contribution in [-0.4, -0.2) is 34.6 Å². The lowest BCUT2D eigenvalue weighted by Crippen LogP contribution is -2.48. The number of carbonyl (C=O) groups excluding carboxylic acids is 1. The molecule has 0 saturated heterocycles. The van der Waals surface area contributed by atoms with Crippen LogP contribution in [0.25, 0.3) is 0 Å². The van der Waals surface area contributed by atoms with Gasteiger partial charge in [0.2, 0.25) is 0 Å². The first-order chi connectivity index (χ1) is 11.3. The predicted molar refractivity (Wildman–Crippen MR) is 94.1 cm³/mol. The quantitative estimate of drug-likeness (QED) is 0.317. The first-order valence-corrected chi connectivity index (χ1v) is 8.67. The van der Waals surface area contributed by atoms with Crippen LogP contribution < -0.4 is 4.74 Å². The van der Waals surface area contributed by atoms with Gasteiger partial charge < -0.3 is 14.7 Å². The van der Waals surface area contributed by atoms with Crippen molar-refractivity contribution in [2.24, 2.45) is 0 Å². The fourth-order valence-electron chi connectivity index (χ4n) is 2.13. The Hall–Kier alpha value is -1.59. The molecule has 0 fully saturated rings. The number of hydrogen-bond donors (Lipinski definition) is 1. The number of unbranched alkanes of at least 4 members (excludes halogenated alkanes) is 1. The third-order valence-corrected chi connectivity index (χ3v) is 3.61. The number of nitrogens with zero attached hydrogens (tertiary/aromatic N) is 1. The van der Waals surface area contributed by atoms with Gasteiger partial charge in [0.1, 0.15) is 5.75 Å². The topological polar surface area (TPSA) is 59.0 Å². The third-order valence-electron chi connectivity index (χ3n) is 3.61. The maximum atomic E-state index is 11.7. The maximum absolute atomic E-state index is 11.7. The Balaban J connectivity index is 2.59. The Morgan fingerprint density at radius 3 is 2.33 bits per heavy atom. The summed E-state index contributed by atoms with van der Waals surface area (Å²) in [6.45, 7) is 10.3. The molecule has 1 N–H and O–H groups in total. The molecular formula is C19H31NO4. The van der Waals surface area contributed by atoms with Crippen molar-refractivity contribution in [3.8, 4) is 5.75 Å². The van der Waals surface area contributed by atoms with Crippen LogP contribution in [0.2, 0.25) is 0 Å². The van der Waals surface area contributed by atoms with Crippen LogP contribution in [0, 0.1) is 0 Å². The van der Waals surface area contributed by atoms with E-state index in [1.54, 1.807) is 0 Å². The summed E-state index contributed by atoms with van der Waals surface area (Å²) in [4.78, 5) is 11.7. The molecule has 1 atom stereocenters. The molecule has 0 aliphatic carbocycles. The first kappa shape index (κ1) is 20.5.